The molecule has 0 bridgehead atoms. The third-order valence-electron chi connectivity index (χ3n) is 3.17. The summed E-state index contributed by atoms with van der Waals surface area (Å²) in [5, 5.41) is 2.69. The highest BCUT2D eigenvalue weighted by atomic mass is 16.5. The molecule has 3 aromatic rings. The van der Waals surface area contributed by atoms with Gasteiger partial charge in [-0.2, -0.15) is 0 Å². The van der Waals surface area contributed by atoms with Gasteiger partial charge in [-0.15, -0.1) is 0 Å². The number of ether oxygens (including phenoxy) is 2. The minimum Gasteiger partial charge on any atom is -0.493 e. The van der Waals surface area contributed by atoms with Crippen LogP contribution in [0.25, 0.3) is 11.1 Å². The number of nitrogens with one attached hydrogen (secondary N) is 1. The summed E-state index contributed by atoms with van der Waals surface area (Å²) in [5.74, 6) is 1.41. The second-order valence-corrected chi connectivity index (χ2v) is 4.91. The number of methoxy groups -OCH3 is 1. The molecule has 3 rings (SSSR count). The number of hydrogen-bond donors (Lipinski definition) is 1. The zero-order valence-electron chi connectivity index (χ0n) is 12.8. The maximum atomic E-state index is 11.1. The summed E-state index contributed by atoms with van der Waals surface area (Å²) < 4.78 is 16.6. The smallest absolute Gasteiger partial charge is 0.233 e. The Kier molecular flexibility index (Phi) is 4.14. The van der Waals surface area contributed by atoms with Gasteiger partial charge in [0.25, 0.3) is 0 Å². The van der Waals surface area contributed by atoms with E-state index in [4.69, 9.17) is 13.9 Å². The fourth-order valence-electron chi connectivity index (χ4n) is 2.19. The summed E-state index contributed by atoms with van der Waals surface area (Å²) in [6.07, 6.45) is 0. The Morgan fingerprint density at radius 1 is 1.22 bits per heavy atom. The summed E-state index contributed by atoms with van der Waals surface area (Å²) in [7, 11) is 1.54. The Balaban J connectivity index is 1.75. The van der Waals surface area contributed by atoms with Gasteiger partial charge < -0.3 is 19.2 Å². The normalized spacial score (nSPS) is 10.5. The van der Waals surface area contributed by atoms with Crippen LogP contribution in [0.1, 0.15) is 12.8 Å². The molecule has 0 aliphatic carbocycles. The standard InChI is InChI=1S/C17H16N2O4/c1-11(20)18-12-7-8-15(16(9-12)21-2)22-10-17-19-13-5-3-4-6-14(13)23-17/h3-9H,10H2,1-2H3,(H,18,20). The average molecular weight is 312 g/mol. The lowest BCUT2D eigenvalue weighted by Gasteiger charge is -2.11. The van der Waals surface area contributed by atoms with E-state index >= 15 is 0 Å². The quantitative estimate of drug-likeness (QED) is 0.782. The van der Waals surface area contributed by atoms with Crippen LogP contribution in [0.2, 0.25) is 0 Å². The van der Waals surface area contributed by atoms with Crippen LogP contribution in [-0.2, 0) is 11.4 Å². The molecule has 0 fully saturated rings. The number of hydrogen-bond acceptors (Lipinski definition) is 5. The predicted molar refractivity (Wildman–Crippen MR) is 85.6 cm³/mol. The molecule has 0 radical (unpaired) electrons. The summed E-state index contributed by atoms with van der Waals surface area (Å²) in [5.41, 5.74) is 2.15. The Morgan fingerprint density at radius 3 is 2.78 bits per heavy atom. The van der Waals surface area contributed by atoms with Crippen LogP contribution in [0.4, 0.5) is 5.69 Å². The largest absolute Gasteiger partial charge is 0.493 e. The van der Waals surface area contributed by atoms with Crippen LogP contribution in [0.3, 0.4) is 0 Å². The van der Waals surface area contributed by atoms with Crippen molar-refractivity contribution in [3.05, 3.63) is 48.4 Å². The number of nitrogens with zero attached hydrogens (tertiary/aromatic N) is 1. The molecule has 23 heavy (non-hydrogen) atoms. The fourth-order valence-corrected chi connectivity index (χ4v) is 2.19. The van der Waals surface area contributed by atoms with E-state index in [1.165, 1.54) is 6.92 Å². The maximum Gasteiger partial charge on any atom is 0.233 e. The molecular formula is C17H16N2O4. The van der Waals surface area contributed by atoms with Crippen molar-refractivity contribution in [2.75, 3.05) is 12.4 Å². The molecule has 0 saturated heterocycles. The Bertz CT molecular complexity index is 808. The van der Waals surface area contributed by atoms with Gasteiger partial charge in [0, 0.05) is 18.7 Å². The van der Waals surface area contributed by atoms with E-state index in [-0.39, 0.29) is 12.5 Å². The van der Waals surface area contributed by atoms with Crippen molar-refractivity contribution in [1.29, 1.82) is 0 Å². The van der Waals surface area contributed by atoms with Crippen molar-refractivity contribution in [2.45, 2.75) is 13.5 Å². The molecule has 0 atom stereocenters. The van der Waals surface area contributed by atoms with Gasteiger partial charge in [0.15, 0.2) is 23.7 Å². The summed E-state index contributed by atoms with van der Waals surface area (Å²) in [6, 6.07) is 12.7. The number of carbonyl (C=O) groups is 1. The fraction of sp³-hybridized carbons (Fsp3) is 0.176. The number of amides is 1. The third kappa shape index (κ3) is 3.42. The first-order chi connectivity index (χ1) is 11.2. The van der Waals surface area contributed by atoms with Crippen LogP contribution >= 0.6 is 0 Å². The zero-order valence-corrected chi connectivity index (χ0v) is 12.8. The van der Waals surface area contributed by atoms with Crippen molar-refractivity contribution < 1.29 is 18.7 Å². The van der Waals surface area contributed by atoms with Gasteiger partial charge in [-0.1, -0.05) is 12.1 Å². The van der Waals surface area contributed by atoms with E-state index in [1.54, 1.807) is 25.3 Å². The zero-order chi connectivity index (χ0) is 16.2. The van der Waals surface area contributed by atoms with Crippen LogP contribution in [0.5, 0.6) is 11.5 Å². The molecular weight excluding hydrogens is 296 g/mol. The monoisotopic (exact) mass is 312 g/mol. The number of benzene rings is 2. The number of carbonyl (C=O) groups excluding carboxylic acids is 1. The molecule has 0 aliphatic heterocycles. The van der Waals surface area contributed by atoms with Gasteiger partial charge in [-0.25, -0.2) is 4.98 Å². The number of rotatable bonds is 5. The minimum atomic E-state index is -0.146. The molecule has 0 spiro atoms. The van der Waals surface area contributed by atoms with Crippen molar-refractivity contribution in [3.8, 4) is 11.5 Å². The summed E-state index contributed by atoms with van der Waals surface area (Å²) in [6.45, 7) is 1.63. The lowest BCUT2D eigenvalue weighted by atomic mass is 10.2. The molecule has 0 unspecified atom stereocenters. The molecule has 1 aromatic heterocycles. The number of anilines is 1. The molecule has 0 aliphatic rings. The lowest BCUT2D eigenvalue weighted by molar-refractivity contribution is -0.114. The molecule has 2 aromatic carbocycles. The molecule has 0 saturated carbocycles. The number of oxazole rings is 1. The van der Waals surface area contributed by atoms with E-state index < -0.39 is 0 Å². The highest BCUT2D eigenvalue weighted by molar-refractivity contribution is 5.89. The van der Waals surface area contributed by atoms with Crippen molar-refractivity contribution in [2.24, 2.45) is 0 Å². The molecule has 1 N–H and O–H groups in total. The van der Waals surface area contributed by atoms with Gasteiger partial charge in [0.05, 0.1) is 7.11 Å². The molecule has 6 heteroatoms. The highest BCUT2D eigenvalue weighted by Crippen LogP contribution is 2.31. The second kappa shape index (κ2) is 6.39. The number of fused-ring (bicyclic) bond motifs is 1. The van der Waals surface area contributed by atoms with Crippen LogP contribution in [0, 0.1) is 0 Å². The summed E-state index contributed by atoms with van der Waals surface area (Å²) >= 11 is 0. The number of aromatic nitrogens is 1. The van der Waals surface area contributed by atoms with Crippen LogP contribution < -0.4 is 14.8 Å². The maximum absolute atomic E-state index is 11.1. The van der Waals surface area contributed by atoms with Gasteiger partial charge in [-0.05, 0) is 24.3 Å². The molecule has 118 valence electrons. The topological polar surface area (TPSA) is 73.6 Å². The van der Waals surface area contributed by atoms with Crippen molar-refractivity contribution in [3.63, 3.8) is 0 Å². The third-order valence-corrected chi connectivity index (χ3v) is 3.17. The average Bonchev–Trinajstić information content (AvgIpc) is 2.95. The van der Waals surface area contributed by atoms with Gasteiger partial charge in [-0.3, -0.25) is 4.79 Å². The van der Waals surface area contributed by atoms with E-state index in [2.05, 4.69) is 10.3 Å². The van der Waals surface area contributed by atoms with E-state index in [1.807, 2.05) is 24.3 Å². The first kappa shape index (κ1) is 14.9. The van der Waals surface area contributed by atoms with Gasteiger partial charge in [0.1, 0.15) is 5.52 Å². The van der Waals surface area contributed by atoms with Crippen LogP contribution in [-0.4, -0.2) is 18.0 Å². The van der Waals surface area contributed by atoms with E-state index in [9.17, 15) is 4.79 Å². The van der Waals surface area contributed by atoms with Crippen molar-refractivity contribution >= 4 is 22.7 Å². The minimum absolute atomic E-state index is 0.146. The van der Waals surface area contributed by atoms with E-state index in [0.29, 0.717) is 23.1 Å². The second-order valence-electron chi connectivity index (χ2n) is 4.91. The van der Waals surface area contributed by atoms with Gasteiger partial charge >= 0.3 is 0 Å². The highest BCUT2D eigenvalue weighted by Gasteiger charge is 2.10. The lowest BCUT2D eigenvalue weighted by Crippen LogP contribution is -2.06. The van der Waals surface area contributed by atoms with Gasteiger partial charge in [0.2, 0.25) is 11.8 Å². The van der Waals surface area contributed by atoms with Crippen LogP contribution in [0.15, 0.2) is 46.9 Å². The first-order valence-corrected chi connectivity index (χ1v) is 7.08. The molecule has 1 heterocycles. The predicted octanol–water partition coefficient (Wildman–Crippen LogP) is 3.37. The Labute approximate surface area is 133 Å². The first-order valence-electron chi connectivity index (χ1n) is 7.08. The summed E-state index contributed by atoms with van der Waals surface area (Å²) in [4.78, 5) is 15.4. The molecule has 6 nitrogen and oxygen atoms in total. The number of para-hydroxylation sites is 2. The van der Waals surface area contributed by atoms with E-state index in [0.717, 1.165) is 11.1 Å². The Morgan fingerprint density at radius 2 is 2.04 bits per heavy atom. The molecule has 1 amide bonds. The van der Waals surface area contributed by atoms with Crippen molar-refractivity contribution in [1.82, 2.24) is 4.98 Å². The Hall–Kier alpha value is -3.02. The SMILES string of the molecule is COc1cc(NC(C)=O)ccc1OCc1nc2ccccc2o1.